The number of aromatic nitrogens is 2. The fourth-order valence-electron chi connectivity index (χ4n) is 2.35. The van der Waals surface area contributed by atoms with Crippen molar-refractivity contribution in [3.8, 4) is 5.69 Å². The van der Waals surface area contributed by atoms with Crippen molar-refractivity contribution in [3.05, 3.63) is 47.2 Å². The van der Waals surface area contributed by atoms with Gasteiger partial charge in [-0.3, -0.25) is 4.79 Å². The molecule has 1 aliphatic rings. The van der Waals surface area contributed by atoms with E-state index in [-0.39, 0.29) is 24.8 Å². The highest BCUT2D eigenvalue weighted by molar-refractivity contribution is 6.30. The minimum Gasteiger partial charge on any atom is -0.479 e. The molecule has 0 spiro atoms. The molecule has 7 nitrogen and oxygen atoms in total. The molecule has 1 aromatic carbocycles. The van der Waals surface area contributed by atoms with Crippen LogP contribution in [0.15, 0.2) is 36.5 Å². The van der Waals surface area contributed by atoms with E-state index in [1.54, 1.807) is 35.1 Å². The summed E-state index contributed by atoms with van der Waals surface area (Å²) >= 11 is 5.95. The molecule has 1 aromatic heterocycles. The number of amides is 1. The molecule has 1 fully saturated rings. The van der Waals surface area contributed by atoms with Gasteiger partial charge in [-0.25, -0.2) is 9.48 Å². The zero-order valence-electron chi connectivity index (χ0n) is 12.1. The molecule has 1 N–H and O–H groups in total. The highest BCUT2D eigenvalue weighted by Crippen LogP contribution is 2.15. The molecule has 2 aromatic rings. The number of carbonyl (C=O) groups is 2. The Hall–Kier alpha value is -2.38. The number of carboxylic acid groups (broad SMARTS) is 1. The van der Waals surface area contributed by atoms with Crippen LogP contribution in [-0.4, -0.2) is 57.5 Å². The highest BCUT2D eigenvalue weighted by atomic mass is 35.5. The maximum absolute atomic E-state index is 12.5. The summed E-state index contributed by atoms with van der Waals surface area (Å²) < 4.78 is 6.66. The highest BCUT2D eigenvalue weighted by Gasteiger charge is 2.30. The lowest BCUT2D eigenvalue weighted by Crippen LogP contribution is -2.48. The molecule has 8 heteroatoms. The van der Waals surface area contributed by atoms with Crippen molar-refractivity contribution in [2.24, 2.45) is 0 Å². The van der Waals surface area contributed by atoms with Crippen molar-refractivity contribution in [1.82, 2.24) is 14.7 Å². The number of morpholine rings is 1. The molecule has 1 amide bonds. The SMILES string of the molecule is O=C(O)[C@@H]1CN(C(=O)c2ccn(-c3cccc(Cl)c3)n2)CCO1. The largest absolute Gasteiger partial charge is 0.479 e. The number of benzene rings is 1. The van der Waals surface area contributed by atoms with Gasteiger partial charge >= 0.3 is 5.97 Å². The van der Waals surface area contributed by atoms with E-state index >= 15 is 0 Å². The first-order valence-corrected chi connectivity index (χ1v) is 7.37. The molecule has 1 saturated heterocycles. The van der Waals surface area contributed by atoms with Gasteiger partial charge in [-0.15, -0.1) is 0 Å². The number of carboxylic acids is 1. The maximum Gasteiger partial charge on any atom is 0.334 e. The predicted octanol–water partition coefficient (Wildman–Crippen LogP) is 1.45. The summed E-state index contributed by atoms with van der Waals surface area (Å²) in [6.07, 6.45) is 0.663. The van der Waals surface area contributed by atoms with Crippen LogP contribution in [0.1, 0.15) is 10.5 Å². The van der Waals surface area contributed by atoms with Crippen molar-refractivity contribution in [1.29, 1.82) is 0 Å². The van der Waals surface area contributed by atoms with Crippen LogP contribution in [0, 0.1) is 0 Å². The zero-order valence-corrected chi connectivity index (χ0v) is 12.8. The molecule has 0 saturated carbocycles. The van der Waals surface area contributed by atoms with Crippen molar-refractivity contribution in [2.45, 2.75) is 6.10 Å². The Kier molecular flexibility index (Phi) is 4.31. The number of ether oxygens (including phenoxy) is 1. The minimum absolute atomic E-state index is 0.0121. The molecule has 23 heavy (non-hydrogen) atoms. The molecule has 3 rings (SSSR count). The van der Waals surface area contributed by atoms with Crippen molar-refractivity contribution in [2.75, 3.05) is 19.7 Å². The van der Waals surface area contributed by atoms with E-state index < -0.39 is 12.1 Å². The average molecular weight is 336 g/mol. The Morgan fingerprint density at radius 2 is 2.17 bits per heavy atom. The molecule has 1 aliphatic heterocycles. The summed E-state index contributed by atoms with van der Waals surface area (Å²) in [4.78, 5) is 24.9. The Morgan fingerprint density at radius 1 is 1.35 bits per heavy atom. The lowest BCUT2D eigenvalue weighted by atomic mass is 10.2. The summed E-state index contributed by atoms with van der Waals surface area (Å²) in [7, 11) is 0. The van der Waals surface area contributed by atoms with E-state index in [9.17, 15) is 9.59 Å². The Labute approximate surface area is 137 Å². The number of hydrogen-bond acceptors (Lipinski definition) is 4. The normalized spacial score (nSPS) is 18.0. The number of halogens is 1. The van der Waals surface area contributed by atoms with Crippen LogP contribution in [0.3, 0.4) is 0 Å². The Bertz CT molecular complexity index is 746. The summed E-state index contributed by atoms with van der Waals surface area (Å²) in [6, 6.07) is 8.69. The number of nitrogens with zero attached hydrogens (tertiary/aromatic N) is 3. The summed E-state index contributed by atoms with van der Waals surface area (Å²) in [5.74, 6) is -1.40. The third kappa shape index (κ3) is 3.35. The third-order valence-electron chi connectivity index (χ3n) is 3.51. The van der Waals surface area contributed by atoms with E-state index in [0.717, 1.165) is 5.69 Å². The number of aliphatic carboxylic acids is 1. The summed E-state index contributed by atoms with van der Waals surface area (Å²) in [5, 5.41) is 13.8. The zero-order chi connectivity index (χ0) is 16.4. The van der Waals surface area contributed by atoms with Crippen LogP contribution in [0.4, 0.5) is 0 Å². The Morgan fingerprint density at radius 3 is 2.91 bits per heavy atom. The average Bonchev–Trinajstić information content (AvgIpc) is 3.04. The van der Waals surface area contributed by atoms with Gasteiger partial charge in [0.2, 0.25) is 0 Å². The summed E-state index contributed by atoms with van der Waals surface area (Å²) in [6.45, 7) is 0.544. The molecule has 0 aliphatic carbocycles. The second-order valence-corrected chi connectivity index (χ2v) is 5.51. The molecule has 2 heterocycles. The van der Waals surface area contributed by atoms with Crippen molar-refractivity contribution in [3.63, 3.8) is 0 Å². The number of carbonyl (C=O) groups excluding carboxylic acids is 1. The number of rotatable bonds is 3. The molecule has 0 unspecified atom stereocenters. The molecular weight excluding hydrogens is 322 g/mol. The summed E-state index contributed by atoms with van der Waals surface area (Å²) in [5.41, 5.74) is 0.984. The van der Waals surface area contributed by atoms with Crippen LogP contribution in [0.5, 0.6) is 0 Å². The van der Waals surface area contributed by atoms with Gasteiger partial charge in [0.1, 0.15) is 0 Å². The van der Waals surface area contributed by atoms with Gasteiger partial charge in [-0.2, -0.15) is 5.10 Å². The van der Waals surface area contributed by atoms with Crippen molar-refractivity contribution >= 4 is 23.5 Å². The van der Waals surface area contributed by atoms with Crippen LogP contribution in [0.2, 0.25) is 5.02 Å². The lowest BCUT2D eigenvalue weighted by molar-refractivity contribution is -0.154. The topological polar surface area (TPSA) is 84.7 Å². The van der Waals surface area contributed by atoms with Gasteiger partial charge in [0.05, 0.1) is 18.8 Å². The number of hydrogen-bond donors (Lipinski definition) is 1. The fraction of sp³-hybridized carbons (Fsp3) is 0.267. The Balaban J connectivity index is 1.77. The fourth-order valence-corrected chi connectivity index (χ4v) is 2.53. The lowest BCUT2D eigenvalue weighted by Gasteiger charge is -2.30. The van der Waals surface area contributed by atoms with Crippen LogP contribution in [-0.2, 0) is 9.53 Å². The minimum atomic E-state index is -1.08. The van der Waals surface area contributed by atoms with Crippen LogP contribution < -0.4 is 0 Å². The maximum atomic E-state index is 12.5. The van der Waals surface area contributed by atoms with E-state index in [0.29, 0.717) is 11.6 Å². The quantitative estimate of drug-likeness (QED) is 0.917. The van der Waals surface area contributed by atoms with Gasteiger partial charge in [0.15, 0.2) is 11.8 Å². The first-order chi connectivity index (χ1) is 11.0. The van der Waals surface area contributed by atoms with Gasteiger partial charge in [-0.1, -0.05) is 17.7 Å². The first kappa shape index (κ1) is 15.5. The van der Waals surface area contributed by atoms with Gasteiger partial charge in [-0.05, 0) is 24.3 Å². The smallest absolute Gasteiger partial charge is 0.334 e. The van der Waals surface area contributed by atoms with E-state index in [2.05, 4.69) is 5.10 Å². The molecule has 120 valence electrons. The van der Waals surface area contributed by atoms with E-state index in [1.807, 2.05) is 6.07 Å². The van der Waals surface area contributed by atoms with Gasteiger partial charge < -0.3 is 14.7 Å². The monoisotopic (exact) mass is 335 g/mol. The van der Waals surface area contributed by atoms with E-state index in [1.165, 1.54) is 4.90 Å². The second kappa shape index (κ2) is 6.39. The first-order valence-electron chi connectivity index (χ1n) is 7.00. The molecule has 0 bridgehead atoms. The van der Waals surface area contributed by atoms with Gasteiger partial charge in [0, 0.05) is 17.8 Å². The molecule has 1 atom stereocenters. The third-order valence-corrected chi connectivity index (χ3v) is 3.75. The van der Waals surface area contributed by atoms with Crippen molar-refractivity contribution < 1.29 is 19.4 Å². The molecular formula is C15H14ClN3O4. The van der Waals surface area contributed by atoms with Crippen LogP contribution >= 0.6 is 11.6 Å². The predicted molar refractivity (Wildman–Crippen MR) is 81.9 cm³/mol. The van der Waals surface area contributed by atoms with E-state index in [4.69, 9.17) is 21.4 Å². The van der Waals surface area contributed by atoms with Crippen LogP contribution in [0.25, 0.3) is 5.69 Å². The van der Waals surface area contributed by atoms with Gasteiger partial charge in [0.25, 0.3) is 5.91 Å². The second-order valence-electron chi connectivity index (χ2n) is 5.07. The molecule has 0 radical (unpaired) electrons. The standard InChI is InChI=1S/C15H14ClN3O4/c16-10-2-1-3-11(8-10)19-5-4-12(17-19)14(20)18-6-7-23-13(9-18)15(21)22/h1-5,8,13H,6-7,9H2,(H,21,22)/t13-/m0/s1.